The lowest BCUT2D eigenvalue weighted by Crippen LogP contribution is -2.60. The molecule has 9 N–H and O–H groups in total. The zero-order valence-corrected chi connectivity index (χ0v) is 31.7. The summed E-state index contributed by atoms with van der Waals surface area (Å²) in [5, 5.41) is 92.5. The molecule has 9 unspecified atom stereocenters. The highest BCUT2D eigenvalue weighted by molar-refractivity contribution is 5.15. The molecule has 0 bridgehead atoms. The Morgan fingerprint density at radius 2 is 1.36 bits per heavy atom. The first kappa shape index (κ1) is 40.6. The van der Waals surface area contributed by atoms with E-state index in [1.165, 1.54) is 0 Å². The molecule has 7 rings (SSSR count). The summed E-state index contributed by atoms with van der Waals surface area (Å²) >= 11 is 0. The molecule has 3 heterocycles. The van der Waals surface area contributed by atoms with E-state index in [1.807, 2.05) is 6.92 Å². The number of hydrogen-bond acceptors (Lipinski definition) is 14. The maximum Gasteiger partial charge on any atom is 0.186 e. The van der Waals surface area contributed by atoms with Gasteiger partial charge in [0.05, 0.1) is 32.0 Å². The molecule has 0 amide bonds. The van der Waals surface area contributed by atoms with E-state index in [1.54, 1.807) is 0 Å². The third-order valence-electron chi connectivity index (χ3n) is 15.9. The molecule has 3 aliphatic heterocycles. The Morgan fingerprint density at radius 1 is 0.736 bits per heavy atom. The van der Waals surface area contributed by atoms with Crippen molar-refractivity contribution in [1.29, 1.82) is 0 Å². The Morgan fingerprint density at radius 3 is 2.02 bits per heavy atom. The minimum atomic E-state index is -1.49. The summed E-state index contributed by atoms with van der Waals surface area (Å²) in [4.78, 5) is 0. The van der Waals surface area contributed by atoms with Crippen molar-refractivity contribution in [1.82, 2.24) is 0 Å². The highest BCUT2D eigenvalue weighted by Gasteiger charge is 2.68. The van der Waals surface area contributed by atoms with E-state index >= 15 is 0 Å². The second kappa shape index (κ2) is 15.3. The molecular weight excluding hydrogens is 692 g/mol. The third kappa shape index (κ3) is 6.96. The van der Waals surface area contributed by atoms with Crippen LogP contribution >= 0.6 is 0 Å². The van der Waals surface area contributed by atoms with Crippen molar-refractivity contribution >= 4 is 0 Å². The van der Waals surface area contributed by atoms with Crippen LogP contribution in [-0.4, -0.2) is 145 Å². The minimum Gasteiger partial charge on any atom is -0.394 e. The summed E-state index contributed by atoms with van der Waals surface area (Å²) in [6.07, 6.45) is -3.89. The number of aliphatic hydroxyl groups is 9. The molecule has 0 spiro atoms. The van der Waals surface area contributed by atoms with Crippen molar-refractivity contribution in [3.63, 3.8) is 0 Å². The Labute approximate surface area is 312 Å². The van der Waals surface area contributed by atoms with Crippen molar-refractivity contribution in [2.24, 2.45) is 52.3 Å². The summed E-state index contributed by atoms with van der Waals surface area (Å²) in [5.41, 5.74) is 0.235. The van der Waals surface area contributed by atoms with Crippen molar-refractivity contribution in [3.05, 3.63) is 0 Å². The molecular formula is C39H66O14. The van der Waals surface area contributed by atoms with Crippen molar-refractivity contribution in [2.45, 2.75) is 171 Å². The molecule has 0 aromatic heterocycles. The van der Waals surface area contributed by atoms with E-state index in [2.05, 4.69) is 20.8 Å². The normalized spacial score (nSPS) is 55.9. The zero-order chi connectivity index (χ0) is 38.2. The summed E-state index contributed by atoms with van der Waals surface area (Å²) in [7, 11) is 0. The van der Waals surface area contributed by atoms with Crippen LogP contribution in [0.25, 0.3) is 0 Å². The third-order valence-corrected chi connectivity index (χ3v) is 15.9. The van der Waals surface area contributed by atoms with Gasteiger partial charge in [-0.15, -0.1) is 0 Å². The highest BCUT2D eigenvalue weighted by atomic mass is 16.7. The molecule has 4 saturated carbocycles. The van der Waals surface area contributed by atoms with Gasteiger partial charge in [-0.1, -0.05) is 27.7 Å². The van der Waals surface area contributed by atoms with Crippen LogP contribution < -0.4 is 0 Å². The summed E-state index contributed by atoms with van der Waals surface area (Å²) in [6, 6.07) is 0. The van der Waals surface area contributed by atoms with Crippen molar-refractivity contribution in [3.8, 4) is 0 Å². The van der Waals surface area contributed by atoms with Crippen LogP contribution in [0.1, 0.15) is 91.9 Å². The van der Waals surface area contributed by atoms with Crippen LogP contribution in [0.2, 0.25) is 0 Å². The van der Waals surface area contributed by atoms with Gasteiger partial charge in [0, 0.05) is 12.3 Å². The molecule has 0 aromatic carbocycles. The van der Waals surface area contributed by atoms with Crippen LogP contribution in [0, 0.1) is 52.3 Å². The van der Waals surface area contributed by atoms with Gasteiger partial charge in [-0.2, -0.15) is 0 Å². The van der Waals surface area contributed by atoms with E-state index in [0.29, 0.717) is 36.5 Å². The number of ether oxygens (including phenoxy) is 5. The second-order valence-electron chi connectivity index (χ2n) is 18.7. The zero-order valence-electron chi connectivity index (χ0n) is 31.7. The number of hydrogen-bond donors (Lipinski definition) is 9. The molecule has 53 heavy (non-hydrogen) atoms. The van der Waals surface area contributed by atoms with Gasteiger partial charge < -0.3 is 69.6 Å². The van der Waals surface area contributed by atoms with Crippen molar-refractivity contribution in [2.75, 3.05) is 19.8 Å². The Bertz CT molecular complexity index is 1260. The molecule has 7 fully saturated rings. The fourth-order valence-corrected chi connectivity index (χ4v) is 12.7. The van der Waals surface area contributed by atoms with Crippen LogP contribution in [0.3, 0.4) is 0 Å². The van der Waals surface area contributed by atoms with Crippen LogP contribution in [0.5, 0.6) is 0 Å². The van der Waals surface area contributed by atoms with E-state index in [9.17, 15) is 46.0 Å². The van der Waals surface area contributed by atoms with Gasteiger partial charge in [-0.05, 0) is 104 Å². The average Bonchev–Trinajstić information content (AvgIpc) is 3.57. The van der Waals surface area contributed by atoms with Gasteiger partial charge in [-0.3, -0.25) is 0 Å². The first-order valence-electron chi connectivity index (χ1n) is 20.3. The van der Waals surface area contributed by atoms with Gasteiger partial charge in [0.1, 0.15) is 48.8 Å². The summed E-state index contributed by atoms with van der Waals surface area (Å²) in [6.45, 7) is 8.25. The lowest BCUT2D eigenvalue weighted by atomic mass is 9.44. The predicted octanol–water partition coefficient (Wildman–Crippen LogP) is 0.397. The molecule has 14 heteroatoms. The molecule has 22 atom stereocenters. The topological polar surface area (TPSA) is 228 Å². The Balaban J connectivity index is 0.931. The Hall–Kier alpha value is -0.560. The monoisotopic (exact) mass is 758 g/mol. The Kier molecular flexibility index (Phi) is 11.7. The largest absolute Gasteiger partial charge is 0.394 e. The van der Waals surface area contributed by atoms with Gasteiger partial charge in [0.25, 0.3) is 0 Å². The number of aliphatic hydroxyl groups excluding tert-OH is 8. The molecule has 306 valence electrons. The molecule has 3 saturated heterocycles. The van der Waals surface area contributed by atoms with E-state index in [4.69, 9.17) is 23.7 Å². The molecule has 14 nitrogen and oxygen atoms in total. The van der Waals surface area contributed by atoms with Crippen LogP contribution in [0.4, 0.5) is 0 Å². The SMILES string of the molecule is C[C@H](CC[C@@]1(O)OC2CC3C4CCC5CC(O[C@H]6O[C@H](CO)[C@@H](O)[C@H](O)[C@H]6O)CCC5(C)C4CCC3(C)C2[C@@H]1C)CO[C@@H]1O[C@H](CO)[C@@H](O)[C@H](O)[C@H]1O. The quantitative estimate of drug-likeness (QED) is 0.138. The lowest BCUT2D eigenvalue weighted by molar-refractivity contribution is -0.316. The first-order valence-corrected chi connectivity index (χ1v) is 20.3. The fourth-order valence-electron chi connectivity index (χ4n) is 12.7. The van der Waals surface area contributed by atoms with Crippen LogP contribution in [-0.2, 0) is 23.7 Å². The highest BCUT2D eigenvalue weighted by Crippen LogP contribution is 2.71. The smallest absolute Gasteiger partial charge is 0.186 e. The number of rotatable bonds is 10. The van der Waals surface area contributed by atoms with Gasteiger partial charge in [0.2, 0.25) is 0 Å². The van der Waals surface area contributed by atoms with Crippen molar-refractivity contribution < 1.29 is 69.6 Å². The fraction of sp³-hybridized carbons (Fsp3) is 1.00. The summed E-state index contributed by atoms with van der Waals surface area (Å²) in [5.74, 6) is 1.11. The summed E-state index contributed by atoms with van der Waals surface area (Å²) < 4.78 is 29.8. The van der Waals surface area contributed by atoms with E-state index in [-0.39, 0.29) is 47.4 Å². The molecule has 0 aromatic rings. The van der Waals surface area contributed by atoms with Gasteiger partial charge in [-0.25, -0.2) is 0 Å². The first-order chi connectivity index (χ1) is 25.1. The second-order valence-corrected chi connectivity index (χ2v) is 18.7. The van der Waals surface area contributed by atoms with Gasteiger partial charge in [0.15, 0.2) is 18.4 Å². The van der Waals surface area contributed by atoms with E-state index in [0.717, 1.165) is 51.4 Å². The van der Waals surface area contributed by atoms with Crippen LogP contribution in [0.15, 0.2) is 0 Å². The molecule has 0 radical (unpaired) electrons. The maximum atomic E-state index is 12.0. The standard InChI is InChI=1S/C39H66O14/c1-18(17-49-35-33(46)31(44)29(42)26(15-40)51-35)7-12-39(48)19(2)28-25(53-39)14-24-22-6-5-20-13-21(8-10-37(20,3)23(22)9-11-38(24,28)4)50-36-34(47)32(45)30(43)27(16-41)52-36/h18-36,40-48H,5-17H2,1-4H3/t18-,19+,20?,21?,22?,23?,24?,25?,26-,27-,28?,29-,30-,31+,32+,33-,34-,35-,36+,37?,38?,39-/m1/s1. The molecule has 4 aliphatic carbocycles. The van der Waals surface area contributed by atoms with Gasteiger partial charge >= 0.3 is 0 Å². The number of fused-ring (bicyclic) bond motifs is 7. The van der Waals surface area contributed by atoms with E-state index < -0.39 is 80.4 Å². The predicted molar refractivity (Wildman–Crippen MR) is 186 cm³/mol. The maximum absolute atomic E-state index is 12.0. The minimum absolute atomic E-state index is 0.00220. The lowest BCUT2D eigenvalue weighted by Gasteiger charge is -2.61. The molecule has 7 aliphatic rings. The average molecular weight is 759 g/mol.